The number of aliphatic imine (C=N–C) groups is 1. The van der Waals surface area contributed by atoms with Crippen LogP contribution in [-0.4, -0.2) is 11.3 Å². The Morgan fingerprint density at radius 3 is 2.29 bits per heavy atom. The van der Waals surface area contributed by atoms with Gasteiger partial charge < -0.3 is 5.11 Å². The topological polar surface area (TPSA) is 32.6 Å². The summed E-state index contributed by atoms with van der Waals surface area (Å²) in [4.78, 5) is 4.40. The molecule has 2 heteroatoms. The highest BCUT2D eigenvalue weighted by atomic mass is 16.3. The van der Waals surface area contributed by atoms with Crippen LogP contribution in [0.3, 0.4) is 0 Å². The third-order valence-electron chi connectivity index (χ3n) is 2.75. The zero-order chi connectivity index (χ0) is 12.3. The molecule has 2 rings (SSSR count). The number of benzene rings is 2. The molecular formula is C15H15NO. The highest BCUT2D eigenvalue weighted by Gasteiger charge is 1.94. The van der Waals surface area contributed by atoms with Crippen molar-refractivity contribution in [1.29, 1.82) is 0 Å². The van der Waals surface area contributed by atoms with Crippen LogP contribution < -0.4 is 0 Å². The average Bonchev–Trinajstić information content (AvgIpc) is 2.33. The van der Waals surface area contributed by atoms with E-state index in [1.807, 2.05) is 18.2 Å². The molecule has 0 aliphatic carbocycles. The van der Waals surface area contributed by atoms with E-state index in [0.29, 0.717) is 0 Å². The first-order valence-corrected chi connectivity index (χ1v) is 5.55. The summed E-state index contributed by atoms with van der Waals surface area (Å²) in [6.07, 6.45) is 1.80. The van der Waals surface area contributed by atoms with Crippen LogP contribution in [0.4, 0.5) is 5.69 Å². The summed E-state index contributed by atoms with van der Waals surface area (Å²) in [6, 6.07) is 13.1. The molecule has 0 bridgehead atoms. The van der Waals surface area contributed by atoms with E-state index < -0.39 is 0 Å². The molecule has 0 heterocycles. The van der Waals surface area contributed by atoms with E-state index in [0.717, 1.165) is 11.3 Å². The van der Waals surface area contributed by atoms with Gasteiger partial charge in [0, 0.05) is 6.21 Å². The molecule has 0 saturated carbocycles. The van der Waals surface area contributed by atoms with Gasteiger partial charge in [-0.05, 0) is 66.9 Å². The van der Waals surface area contributed by atoms with Crippen LogP contribution >= 0.6 is 0 Å². The van der Waals surface area contributed by atoms with E-state index in [1.54, 1.807) is 18.3 Å². The lowest BCUT2D eigenvalue weighted by Crippen LogP contribution is -1.81. The summed E-state index contributed by atoms with van der Waals surface area (Å²) in [5, 5.41) is 9.16. The quantitative estimate of drug-likeness (QED) is 0.775. The van der Waals surface area contributed by atoms with Crippen molar-refractivity contribution in [3.05, 3.63) is 59.2 Å². The zero-order valence-electron chi connectivity index (χ0n) is 10.0. The van der Waals surface area contributed by atoms with Gasteiger partial charge in [0.2, 0.25) is 0 Å². The van der Waals surface area contributed by atoms with Gasteiger partial charge >= 0.3 is 0 Å². The lowest BCUT2D eigenvalue weighted by atomic mass is 10.1. The molecule has 0 atom stereocenters. The molecule has 0 aliphatic heterocycles. The Hall–Kier alpha value is -2.09. The normalized spacial score (nSPS) is 10.9. The molecule has 86 valence electrons. The lowest BCUT2D eigenvalue weighted by Gasteiger charge is -2.00. The Kier molecular flexibility index (Phi) is 3.24. The van der Waals surface area contributed by atoms with Crippen LogP contribution in [-0.2, 0) is 0 Å². The Balaban J connectivity index is 2.20. The van der Waals surface area contributed by atoms with Crippen molar-refractivity contribution >= 4 is 11.9 Å². The van der Waals surface area contributed by atoms with Gasteiger partial charge in [-0.1, -0.05) is 6.07 Å². The number of aryl methyl sites for hydroxylation is 2. The van der Waals surface area contributed by atoms with E-state index in [-0.39, 0.29) is 5.75 Å². The van der Waals surface area contributed by atoms with Crippen molar-refractivity contribution < 1.29 is 5.11 Å². The van der Waals surface area contributed by atoms with Crippen LogP contribution in [0.15, 0.2) is 47.5 Å². The van der Waals surface area contributed by atoms with Gasteiger partial charge in [-0.15, -0.1) is 0 Å². The van der Waals surface area contributed by atoms with Crippen LogP contribution in [0, 0.1) is 13.8 Å². The minimum absolute atomic E-state index is 0.272. The molecule has 0 saturated heterocycles. The average molecular weight is 225 g/mol. The summed E-state index contributed by atoms with van der Waals surface area (Å²) in [6.45, 7) is 4.16. The Morgan fingerprint density at radius 1 is 0.941 bits per heavy atom. The number of rotatable bonds is 2. The first-order valence-electron chi connectivity index (χ1n) is 5.55. The number of hydrogen-bond acceptors (Lipinski definition) is 2. The van der Waals surface area contributed by atoms with E-state index in [2.05, 4.69) is 31.0 Å². The first-order chi connectivity index (χ1) is 8.15. The van der Waals surface area contributed by atoms with Gasteiger partial charge in [0.1, 0.15) is 5.75 Å². The maximum Gasteiger partial charge on any atom is 0.115 e. The van der Waals surface area contributed by atoms with Gasteiger partial charge in [-0.25, -0.2) is 0 Å². The Morgan fingerprint density at radius 2 is 1.65 bits per heavy atom. The molecule has 0 aromatic heterocycles. The zero-order valence-corrected chi connectivity index (χ0v) is 10.0. The van der Waals surface area contributed by atoms with Gasteiger partial charge in [0.25, 0.3) is 0 Å². The summed E-state index contributed by atoms with van der Waals surface area (Å²) >= 11 is 0. The second-order valence-corrected chi connectivity index (χ2v) is 4.12. The third-order valence-corrected chi connectivity index (χ3v) is 2.75. The maximum absolute atomic E-state index is 9.16. The Labute approximate surface area is 101 Å². The summed E-state index contributed by atoms with van der Waals surface area (Å²) < 4.78 is 0. The smallest absolute Gasteiger partial charge is 0.115 e. The molecule has 2 aromatic rings. The van der Waals surface area contributed by atoms with Crippen molar-refractivity contribution in [1.82, 2.24) is 0 Å². The molecule has 0 fully saturated rings. The van der Waals surface area contributed by atoms with E-state index in [4.69, 9.17) is 5.11 Å². The Bertz CT molecular complexity index is 541. The maximum atomic E-state index is 9.16. The van der Waals surface area contributed by atoms with Gasteiger partial charge in [-0.3, -0.25) is 4.99 Å². The predicted octanol–water partition coefficient (Wildman–Crippen LogP) is 3.76. The highest BCUT2D eigenvalue weighted by Crippen LogP contribution is 2.17. The number of nitrogens with zero attached hydrogens (tertiary/aromatic N) is 1. The van der Waals surface area contributed by atoms with Crippen molar-refractivity contribution in [3.8, 4) is 5.75 Å². The molecular weight excluding hydrogens is 210 g/mol. The molecule has 0 spiro atoms. The molecule has 2 aromatic carbocycles. The summed E-state index contributed by atoms with van der Waals surface area (Å²) in [5.41, 5.74) is 4.43. The summed E-state index contributed by atoms with van der Waals surface area (Å²) in [7, 11) is 0. The van der Waals surface area contributed by atoms with Crippen molar-refractivity contribution in [3.63, 3.8) is 0 Å². The fourth-order valence-corrected chi connectivity index (χ4v) is 1.52. The lowest BCUT2D eigenvalue weighted by molar-refractivity contribution is 0.475. The van der Waals surface area contributed by atoms with Crippen LogP contribution in [0.2, 0.25) is 0 Å². The van der Waals surface area contributed by atoms with E-state index in [1.165, 1.54) is 11.1 Å². The molecule has 0 unspecified atom stereocenters. The van der Waals surface area contributed by atoms with Crippen molar-refractivity contribution in [2.45, 2.75) is 13.8 Å². The van der Waals surface area contributed by atoms with Crippen LogP contribution in [0.1, 0.15) is 16.7 Å². The van der Waals surface area contributed by atoms with Gasteiger partial charge in [-0.2, -0.15) is 0 Å². The number of hydrogen-bond donors (Lipinski definition) is 1. The molecule has 1 N–H and O–H groups in total. The number of phenolic OH excluding ortho intramolecular Hbond substituents is 1. The summed E-state index contributed by atoms with van der Waals surface area (Å²) in [5.74, 6) is 0.272. The van der Waals surface area contributed by atoms with Gasteiger partial charge in [0.05, 0.1) is 5.69 Å². The second kappa shape index (κ2) is 4.83. The molecule has 0 amide bonds. The van der Waals surface area contributed by atoms with E-state index >= 15 is 0 Å². The molecule has 2 nitrogen and oxygen atoms in total. The fraction of sp³-hybridized carbons (Fsp3) is 0.133. The van der Waals surface area contributed by atoms with Gasteiger partial charge in [0.15, 0.2) is 0 Å². The van der Waals surface area contributed by atoms with Crippen LogP contribution in [0.5, 0.6) is 5.75 Å². The largest absolute Gasteiger partial charge is 0.508 e. The first kappa shape index (κ1) is 11.4. The van der Waals surface area contributed by atoms with Crippen molar-refractivity contribution in [2.75, 3.05) is 0 Å². The molecule has 0 aliphatic rings. The van der Waals surface area contributed by atoms with E-state index in [9.17, 15) is 0 Å². The minimum atomic E-state index is 0.272. The third kappa shape index (κ3) is 2.94. The highest BCUT2D eigenvalue weighted by molar-refractivity contribution is 5.82. The standard InChI is InChI=1S/C15H15NO/c1-11-3-6-14(9-12(11)2)16-10-13-4-7-15(17)8-5-13/h3-10,17H,1-2H3. The monoisotopic (exact) mass is 225 g/mol. The van der Waals surface area contributed by atoms with Crippen molar-refractivity contribution in [2.24, 2.45) is 4.99 Å². The molecule has 0 radical (unpaired) electrons. The fourth-order valence-electron chi connectivity index (χ4n) is 1.52. The number of phenols is 1. The SMILES string of the molecule is Cc1ccc(N=Cc2ccc(O)cc2)cc1C. The minimum Gasteiger partial charge on any atom is -0.508 e. The molecule has 17 heavy (non-hydrogen) atoms. The second-order valence-electron chi connectivity index (χ2n) is 4.12. The predicted molar refractivity (Wildman–Crippen MR) is 71.3 cm³/mol. The number of aromatic hydroxyl groups is 1. The van der Waals surface area contributed by atoms with Crippen LogP contribution in [0.25, 0.3) is 0 Å².